The Morgan fingerprint density at radius 3 is 2.00 bits per heavy atom. The number of benzene rings is 6. The second-order valence-corrected chi connectivity index (χ2v) is 16.8. The average Bonchev–Trinajstić information content (AvgIpc) is 3.66. The fourth-order valence-electron chi connectivity index (χ4n) is 7.73. The molecular formula is C42H31NSSi. The molecule has 6 aromatic carbocycles. The molecule has 8 aromatic rings. The first kappa shape index (κ1) is 26.4. The van der Waals surface area contributed by atoms with Gasteiger partial charge in [0.05, 0.1) is 5.52 Å². The highest BCUT2D eigenvalue weighted by molar-refractivity contribution is 7.30. The highest BCUT2D eigenvalue weighted by atomic mass is 32.1. The number of hydrogen-bond donors (Lipinski definition) is 0. The smallest absolute Gasteiger partial charge is 0.181 e. The first-order valence-corrected chi connectivity index (χ1v) is 18.6. The van der Waals surface area contributed by atoms with Gasteiger partial charge in [-0.2, -0.15) is 0 Å². The molecule has 0 atom stereocenters. The molecule has 1 nitrogen and oxygen atoms in total. The number of aromatic nitrogens is 1. The summed E-state index contributed by atoms with van der Waals surface area (Å²) in [6.07, 6.45) is 6.77. The van der Waals surface area contributed by atoms with Crippen molar-refractivity contribution in [2.24, 2.45) is 0 Å². The summed E-state index contributed by atoms with van der Waals surface area (Å²) < 4.78 is 5.28. The van der Waals surface area contributed by atoms with Crippen LogP contribution in [-0.2, 0) is 6.42 Å². The van der Waals surface area contributed by atoms with E-state index in [1.165, 1.54) is 68.8 Å². The van der Waals surface area contributed by atoms with E-state index >= 15 is 0 Å². The molecule has 214 valence electrons. The van der Waals surface area contributed by atoms with E-state index in [4.69, 9.17) is 0 Å². The van der Waals surface area contributed by atoms with Gasteiger partial charge in [-0.25, -0.2) is 0 Å². The molecule has 0 fully saturated rings. The van der Waals surface area contributed by atoms with Crippen LogP contribution in [0.25, 0.3) is 42.8 Å². The Kier molecular flexibility index (Phi) is 6.22. The second-order valence-electron chi connectivity index (χ2n) is 12.0. The van der Waals surface area contributed by atoms with Crippen LogP contribution in [0.5, 0.6) is 0 Å². The average molecular weight is 610 g/mol. The lowest BCUT2D eigenvalue weighted by Gasteiger charge is -2.35. The molecule has 2 aromatic heterocycles. The maximum atomic E-state index is 2.53. The quantitative estimate of drug-likeness (QED) is 0.137. The van der Waals surface area contributed by atoms with Gasteiger partial charge in [-0.3, -0.25) is 0 Å². The van der Waals surface area contributed by atoms with Crippen molar-refractivity contribution in [3.8, 4) is 5.69 Å². The minimum Gasteiger partial charge on any atom is -0.313 e. The van der Waals surface area contributed by atoms with Crippen LogP contribution in [0, 0.1) is 0 Å². The van der Waals surface area contributed by atoms with Crippen molar-refractivity contribution < 1.29 is 0 Å². The molecule has 0 radical (unpaired) electrons. The molecule has 45 heavy (non-hydrogen) atoms. The number of nitrogens with zero attached hydrogens (tertiary/aromatic N) is 1. The number of para-hydroxylation sites is 1. The molecule has 3 heteroatoms. The van der Waals surface area contributed by atoms with Crippen molar-refractivity contribution in [2.45, 2.75) is 12.8 Å². The first-order valence-electron chi connectivity index (χ1n) is 15.8. The molecule has 0 saturated carbocycles. The highest BCUT2D eigenvalue weighted by Gasteiger charge is 2.43. The molecular weight excluding hydrogens is 579 g/mol. The SMILES string of the molecule is C1=Cc2c(n(-c3cccc([Si](c4ccccc4)(c4ccccc4)c4cccc5c4sc4ccccc45)c3)c3ccccc23)CC1. The minimum absolute atomic E-state index is 1.05. The van der Waals surface area contributed by atoms with Crippen LogP contribution in [0.15, 0.2) is 158 Å². The lowest BCUT2D eigenvalue weighted by atomic mass is 10.0. The monoisotopic (exact) mass is 609 g/mol. The zero-order chi connectivity index (χ0) is 29.8. The van der Waals surface area contributed by atoms with E-state index in [2.05, 4.69) is 168 Å². The number of thiophene rings is 1. The fourth-order valence-corrected chi connectivity index (χ4v) is 14.3. The molecule has 0 amide bonds. The Hall–Kier alpha value is -4.96. The van der Waals surface area contributed by atoms with E-state index in [-0.39, 0.29) is 0 Å². The van der Waals surface area contributed by atoms with Gasteiger partial charge in [0.2, 0.25) is 0 Å². The largest absolute Gasteiger partial charge is 0.313 e. The summed E-state index contributed by atoms with van der Waals surface area (Å²) in [5.41, 5.74) is 5.30. The van der Waals surface area contributed by atoms with Crippen molar-refractivity contribution in [3.05, 3.63) is 169 Å². The summed E-state index contributed by atoms with van der Waals surface area (Å²) in [4.78, 5) is 0. The van der Waals surface area contributed by atoms with Gasteiger partial charge in [0.1, 0.15) is 0 Å². The number of fused-ring (bicyclic) bond motifs is 6. The molecule has 0 saturated heterocycles. The predicted octanol–water partition coefficient (Wildman–Crippen LogP) is 8.34. The molecule has 1 aliphatic carbocycles. The minimum atomic E-state index is -2.79. The zero-order valence-electron chi connectivity index (χ0n) is 24.9. The molecule has 0 spiro atoms. The molecule has 9 rings (SSSR count). The normalized spacial score (nSPS) is 13.1. The number of hydrogen-bond acceptors (Lipinski definition) is 1. The van der Waals surface area contributed by atoms with Gasteiger partial charge in [0.25, 0.3) is 0 Å². The van der Waals surface area contributed by atoms with E-state index in [1.54, 1.807) is 0 Å². The highest BCUT2D eigenvalue weighted by Crippen LogP contribution is 2.35. The molecule has 0 bridgehead atoms. The van der Waals surface area contributed by atoms with E-state index < -0.39 is 8.07 Å². The van der Waals surface area contributed by atoms with E-state index in [1.807, 2.05) is 11.3 Å². The van der Waals surface area contributed by atoms with E-state index in [0.717, 1.165) is 12.8 Å². The van der Waals surface area contributed by atoms with Crippen molar-refractivity contribution in [1.29, 1.82) is 0 Å². The molecule has 2 heterocycles. The van der Waals surface area contributed by atoms with Crippen LogP contribution in [0.4, 0.5) is 0 Å². The van der Waals surface area contributed by atoms with Gasteiger partial charge in [0.15, 0.2) is 8.07 Å². The van der Waals surface area contributed by atoms with Gasteiger partial charge in [0, 0.05) is 42.5 Å². The summed E-state index contributed by atoms with van der Waals surface area (Å²) in [5.74, 6) is 0. The van der Waals surface area contributed by atoms with Crippen molar-refractivity contribution >= 4 is 77.3 Å². The molecule has 1 aliphatic rings. The Balaban J connectivity index is 1.41. The van der Waals surface area contributed by atoms with Crippen LogP contribution in [0.3, 0.4) is 0 Å². The van der Waals surface area contributed by atoms with Crippen LogP contribution >= 0.6 is 11.3 Å². The van der Waals surface area contributed by atoms with Crippen LogP contribution < -0.4 is 20.7 Å². The van der Waals surface area contributed by atoms with Crippen LogP contribution in [0.1, 0.15) is 17.7 Å². The Morgan fingerprint density at radius 2 is 1.20 bits per heavy atom. The molecule has 0 unspecified atom stereocenters. The Labute approximate surface area is 268 Å². The van der Waals surface area contributed by atoms with Gasteiger partial charge >= 0.3 is 0 Å². The zero-order valence-corrected chi connectivity index (χ0v) is 26.7. The second kappa shape index (κ2) is 10.6. The molecule has 0 aliphatic heterocycles. The van der Waals surface area contributed by atoms with E-state index in [0.29, 0.717) is 0 Å². The summed E-state index contributed by atoms with van der Waals surface area (Å²) >= 11 is 1.94. The third kappa shape index (κ3) is 3.98. The maximum absolute atomic E-state index is 2.79. The third-order valence-electron chi connectivity index (χ3n) is 9.61. The fraction of sp³-hybridized carbons (Fsp3) is 0.0476. The molecule has 0 N–H and O–H groups in total. The third-order valence-corrected chi connectivity index (χ3v) is 15.8. The van der Waals surface area contributed by atoms with Gasteiger partial charge < -0.3 is 4.57 Å². The lowest BCUT2D eigenvalue weighted by molar-refractivity contribution is 0.889. The van der Waals surface area contributed by atoms with Crippen molar-refractivity contribution in [2.75, 3.05) is 0 Å². The van der Waals surface area contributed by atoms with Crippen LogP contribution in [0.2, 0.25) is 0 Å². The van der Waals surface area contributed by atoms with Crippen molar-refractivity contribution in [1.82, 2.24) is 4.57 Å². The summed E-state index contributed by atoms with van der Waals surface area (Å²) in [6.45, 7) is 0. The van der Waals surface area contributed by atoms with Crippen LogP contribution in [-0.4, -0.2) is 12.6 Å². The van der Waals surface area contributed by atoms with Gasteiger partial charge in [-0.15, -0.1) is 11.3 Å². The topological polar surface area (TPSA) is 4.93 Å². The summed E-state index contributed by atoms with van der Waals surface area (Å²) in [7, 11) is -2.79. The number of rotatable bonds is 5. The Morgan fingerprint density at radius 1 is 0.556 bits per heavy atom. The summed E-state index contributed by atoms with van der Waals surface area (Å²) in [6, 6.07) is 57.0. The predicted molar refractivity (Wildman–Crippen MR) is 197 cm³/mol. The van der Waals surface area contributed by atoms with Gasteiger partial charge in [-0.05, 0) is 57.9 Å². The Bertz CT molecular complexity index is 2340. The standard InChI is InChI=1S/C42H31NSSi/c1-3-16-31(17-4-1)45(32-18-5-2-6-19-32,41-28-14-24-37-36-23-9-12-27-40(36)44-42(37)41)33-20-13-15-30(29-33)43-38-25-10-7-21-34(38)35-22-8-11-26-39(35)43/h1-10,12-25,27-29H,11,26H2. The first-order chi connectivity index (χ1) is 22.3. The lowest BCUT2D eigenvalue weighted by Crippen LogP contribution is -2.74. The summed E-state index contributed by atoms with van der Waals surface area (Å²) in [5, 5.41) is 9.69. The van der Waals surface area contributed by atoms with E-state index in [9.17, 15) is 0 Å². The maximum Gasteiger partial charge on any atom is 0.181 e. The van der Waals surface area contributed by atoms with Crippen molar-refractivity contribution in [3.63, 3.8) is 0 Å². The number of allylic oxidation sites excluding steroid dienone is 1. The van der Waals surface area contributed by atoms with Gasteiger partial charge in [-0.1, -0.05) is 140 Å².